The SMILES string of the molecule is COc1cc(/C=N/NC(=O)Cn2nc(C)c([N+](=O)[O-])c2C)cc(Br)c1OCc1ccccc1F. The molecule has 0 radical (unpaired) electrons. The Hall–Kier alpha value is -3.80. The summed E-state index contributed by atoms with van der Waals surface area (Å²) in [7, 11) is 1.47. The second kappa shape index (κ2) is 10.9. The predicted molar refractivity (Wildman–Crippen MR) is 126 cm³/mol. The van der Waals surface area contributed by atoms with Crippen LogP contribution in [-0.4, -0.2) is 33.9 Å². The number of hydrazone groups is 1. The summed E-state index contributed by atoms with van der Waals surface area (Å²) in [5.74, 6) is -0.105. The van der Waals surface area contributed by atoms with Gasteiger partial charge in [-0.05, 0) is 53.5 Å². The number of nitro groups is 1. The number of methoxy groups -OCH3 is 1. The molecule has 2 aromatic carbocycles. The standard InChI is InChI=1S/C22H21BrFN5O5/c1-13-21(29(31)32)14(2)28(27-13)11-20(30)26-25-10-15-8-17(23)22(19(9-15)33-3)34-12-16-6-4-5-7-18(16)24/h4-10H,11-12H2,1-3H3,(H,26,30)/b25-10+. The Morgan fingerprint density at radius 3 is 2.74 bits per heavy atom. The predicted octanol–water partition coefficient (Wildman–Crippen LogP) is 4.05. The Kier molecular flexibility index (Phi) is 7.95. The number of rotatable bonds is 9. The van der Waals surface area contributed by atoms with E-state index in [-0.39, 0.29) is 36.0 Å². The van der Waals surface area contributed by atoms with Crippen molar-refractivity contribution in [2.75, 3.05) is 7.11 Å². The van der Waals surface area contributed by atoms with Gasteiger partial charge in [-0.15, -0.1) is 0 Å². The molecule has 0 aliphatic carbocycles. The summed E-state index contributed by atoms with van der Waals surface area (Å²) < 4.78 is 26.8. The van der Waals surface area contributed by atoms with Crippen molar-refractivity contribution in [3.8, 4) is 11.5 Å². The van der Waals surface area contributed by atoms with Crippen LogP contribution in [0.5, 0.6) is 11.5 Å². The number of carbonyl (C=O) groups is 1. The van der Waals surface area contributed by atoms with Gasteiger partial charge in [0.2, 0.25) is 0 Å². The zero-order chi connectivity index (χ0) is 24.8. The highest BCUT2D eigenvalue weighted by Gasteiger charge is 2.22. The molecule has 178 valence electrons. The largest absolute Gasteiger partial charge is 0.493 e. The summed E-state index contributed by atoms with van der Waals surface area (Å²) in [4.78, 5) is 22.8. The van der Waals surface area contributed by atoms with E-state index in [1.165, 1.54) is 37.9 Å². The minimum atomic E-state index is -0.529. The Morgan fingerprint density at radius 2 is 2.09 bits per heavy atom. The van der Waals surface area contributed by atoms with E-state index in [2.05, 4.69) is 31.6 Å². The Bertz CT molecular complexity index is 1260. The fourth-order valence-electron chi connectivity index (χ4n) is 3.18. The molecule has 0 saturated heterocycles. The van der Waals surface area contributed by atoms with Crippen molar-refractivity contribution in [3.05, 3.63) is 79.3 Å². The molecule has 1 aromatic heterocycles. The Balaban J connectivity index is 1.66. The van der Waals surface area contributed by atoms with Crippen molar-refractivity contribution >= 4 is 33.7 Å². The van der Waals surface area contributed by atoms with Crippen LogP contribution in [0.25, 0.3) is 0 Å². The summed E-state index contributed by atoms with van der Waals surface area (Å²) in [6.07, 6.45) is 1.40. The molecular formula is C22H21BrFN5O5. The first-order chi connectivity index (χ1) is 16.2. The van der Waals surface area contributed by atoms with Gasteiger partial charge in [0.1, 0.15) is 30.4 Å². The molecule has 0 aliphatic heterocycles. The lowest BCUT2D eigenvalue weighted by Crippen LogP contribution is -2.24. The molecule has 0 spiro atoms. The molecule has 0 bridgehead atoms. The van der Waals surface area contributed by atoms with Crippen LogP contribution in [-0.2, 0) is 17.9 Å². The molecule has 0 aliphatic rings. The maximum Gasteiger partial charge on any atom is 0.312 e. The summed E-state index contributed by atoms with van der Waals surface area (Å²) in [6, 6.07) is 9.64. The second-order valence-corrected chi connectivity index (χ2v) is 8.00. The summed E-state index contributed by atoms with van der Waals surface area (Å²) in [6.45, 7) is 2.81. The van der Waals surface area contributed by atoms with E-state index in [1.54, 1.807) is 30.3 Å². The van der Waals surface area contributed by atoms with Gasteiger partial charge in [0.15, 0.2) is 11.5 Å². The number of halogens is 2. The first kappa shape index (κ1) is 24.8. The summed E-state index contributed by atoms with van der Waals surface area (Å²) in [5, 5.41) is 19.0. The first-order valence-electron chi connectivity index (χ1n) is 9.95. The minimum Gasteiger partial charge on any atom is -0.493 e. The minimum absolute atomic E-state index is 0.00953. The third-order valence-electron chi connectivity index (χ3n) is 4.80. The first-order valence-corrected chi connectivity index (χ1v) is 10.7. The van der Waals surface area contributed by atoms with Crippen LogP contribution in [0.2, 0.25) is 0 Å². The maximum atomic E-state index is 13.8. The van der Waals surface area contributed by atoms with Gasteiger partial charge in [0.25, 0.3) is 5.91 Å². The van der Waals surface area contributed by atoms with Crippen molar-refractivity contribution in [3.63, 3.8) is 0 Å². The van der Waals surface area contributed by atoms with E-state index < -0.39 is 10.8 Å². The normalized spacial score (nSPS) is 11.0. The van der Waals surface area contributed by atoms with Gasteiger partial charge in [-0.3, -0.25) is 19.6 Å². The Morgan fingerprint density at radius 1 is 1.35 bits per heavy atom. The number of amides is 1. The van der Waals surface area contributed by atoms with E-state index in [9.17, 15) is 19.3 Å². The fraction of sp³-hybridized carbons (Fsp3) is 0.227. The van der Waals surface area contributed by atoms with E-state index >= 15 is 0 Å². The molecular weight excluding hydrogens is 513 g/mol. The average Bonchev–Trinajstić information content (AvgIpc) is 3.06. The van der Waals surface area contributed by atoms with Crippen LogP contribution in [0.3, 0.4) is 0 Å². The molecule has 0 unspecified atom stereocenters. The van der Waals surface area contributed by atoms with Crippen molar-refractivity contribution in [1.82, 2.24) is 15.2 Å². The van der Waals surface area contributed by atoms with Crippen LogP contribution in [0.15, 0.2) is 46.0 Å². The van der Waals surface area contributed by atoms with Gasteiger partial charge in [-0.1, -0.05) is 18.2 Å². The molecule has 3 rings (SSSR count). The van der Waals surface area contributed by atoms with Crippen LogP contribution in [0.1, 0.15) is 22.5 Å². The van der Waals surface area contributed by atoms with Gasteiger partial charge < -0.3 is 9.47 Å². The van der Waals surface area contributed by atoms with Crippen LogP contribution < -0.4 is 14.9 Å². The highest BCUT2D eigenvalue weighted by Crippen LogP contribution is 2.37. The van der Waals surface area contributed by atoms with Crippen molar-refractivity contribution in [2.24, 2.45) is 5.10 Å². The molecule has 34 heavy (non-hydrogen) atoms. The number of ether oxygens (including phenoxy) is 2. The third kappa shape index (κ3) is 5.76. The Labute approximate surface area is 202 Å². The quantitative estimate of drug-likeness (QED) is 0.251. The second-order valence-electron chi connectivity index (χ2n) is 7.14. The number of nitrogens with one attached hydrogen (secondary N) is 1. The monoisotopic (exact) mass is 533 g/mol. The zero-order valence-electron chi connectivity index (χ0n) is 18.5. The average molecular weight is 534 g/mol. The molecule has 10 nitrogen and oxygen atoms in total. The molecule has 3 aromatic rings. The molecule has 0 atom stereocenters. The lowest BCUT2D eigenvalue weighted by molar-refractivity contribution is -0.386. The maximum absolute atomic E-state index is 13.8. The van der Waals surface area contributed by atoms with E-state index in [0.717, 1.165) is 0 Å². The number of aromatic nitrogens is 2. The van der Waals surface area contributed by atoms with Gasteiger partial charge >= 0.3 is 5.69 Å². The topological polar surface area (TPSA) is 121 Å². The zero-order valence-corrected chi connectivity index (χ0v) is 20.1. The lowest BCUT2D eigenvalue weighted by Gasteiger charge is -2.14. The van der Waals surface area contributed by atoms with Gasteiger partial charge in [0.05, 0.1) is 22.7 Å². The van der Waals surface area contributed by atoms with E-state index in [0.29, 0.717) is 27.1 Å². The number of nitrogens with zero attached hydrogens (tertiary/aromatic N) is 4. The number of hydrogen-bond donors (Lipinski definition) is 1. The fourth-order valence-corrected chi connectivity index (χ4v) is 3.75. The highest BCUT2D eigenvalue weighted by molar-refractivity contribution is 9.10. The van der Waals surface area contributed by atoms with Crippen LogP contribution >= 0.6 is 15.9 Å². The van der Waals surface area contributed by atoms with E-state index in [1.807, 2.05) is 0 Å². The number of benzene rings is 2. The number of hydrogen-bond acceptors (Lipinski definition) is 7. The molecule has 1 N–H and O–H groups in total. The smallest absolute Gasteiger partial charge is 0.312 e. The van der Waals surface area contributed by atoms with Gasteiger partial charge in [-0.2, -0.15) is 10.2 Å². The molecule has 12 heteroatoms. The number of aryl methyl sites for hydroxylation is 1. The van der Waals surface area contributed by atoms with Crippen LogP contribution in [0, 0.1) is 29.8 Å². The van der Waals surface area contributed by atoms with Crippen molar-refractivity contribution in [2.45, 2.75) is 27.0 Å². The molecule has 0 saturated carbocycles. The molecule has 1 amide bonds. The van der Waals surface area contributed by atoms with Crippen molar-refractivity contribution in [1.29, 1.82) is 0 Å². The lowest BCUT2D eigenvalue weighted by atomic mass is 10.2. The van der Waals surface area contributed by atoms with Crippen LogP contribution in [0.4, 0.5) is 10.1 Å². The molecule has 0 fully saturated rings. The third-order valence-corrected chi connectivity index (χ3v) is 5.39. The summed E-state index contributed by atoms with van der Waals surface area (Å²) >= 11 is 3.41. The highest BCUT2D eigenvalue weighted by atomic mass is 79.9. The summed E-state index contributed by atoms with van der Waals surface area (Å²) in [5.41, 5.74) is 3.74. The van der Waals surface area contributed by atoms with Gasteiger partial charge in [0, 0.05) is 5.56 Å². The molecule has 1 heterocycles. The van der Waals surface area contributed by atoms with E-state index in [4.69, 9.17) is 9.47 Å². The number of carbonyl (C=O) groups excluding carboxylic acids is 1. The van der Waals surface area contributed by atoms with Gasteiger partial charge in [-0.25, -0.2) is 9.82 Å². The van der Waals surface area contributed by atoms with Crippen molar-refractivity contribution < 1.29 is 23.6 Å².